The number of ether oxygens (including phenoxy) is 2. The van der Waals surface area contributed by atoms with Gasteiger partial charge in [0.15, 0.2) is 5.65 Å². The van der Waals surface area contributed by atoms with Crippen LogP contribution in [0, 0.1) is 0 Å². The van der Waals surface area contributed by atoms with Crippen LogP contribution in [0.5, 0.6) is 5.75 Å². The molecule has 172 valence electrons. The molecule has 0 radical (unpaired) electrons. The van der Waals surface area contributed by atoms with Gasteiger partial charge in [-0.25, -0.2) is 9.67 Å². The van der Waals surface area contributed by atoms with E-state index in [4.69, 9.17) is 9.47 Å². The van der Waals surface area contributed by atoms with Gasteiger partial charge in [-0.1, -0.05) is 48.5 Å². The van der Waals surface area contributed by atoms with Gasteiger partial charge in [-0.2, -0.15) is 15.2 Å². The highest BCUT2D eigenvalue weighted by molar-refractivity contribution is 5.75. The molecule has 0 bridgehead atoms. The molecule has 2 aromatic carbocycles. The summed E-state index contributed by atoms with van der Waals surface area (Å²) in [5.41, 5.74) is 3.72. The molecule has 3 aromatic heterocycles. The van der Waals surface area contributed by atoms with Crippen molar-refractivity contribution in [2.45, 2.75) is 13.2 Å². The molecule has 0 spiro atoms. The third kappa shape index (κ3) is 5.21. The van der Waals surface area contributed by atoms with E-state index in [9.17, 15) is 0 Å². The molecule has 0 atom stereocenters. The van der Waals surface area contributed by atoms with Crippen molar-refractivity contribution < 1.29 is 9.47 Å². The Balaban J connectivity index is 1.24. The van der Waals surface area contributed by atoms with Crippen LogP contribution in [0.4, 0.5) is 11.6 Å². The lowest BCUT2D eigenvalue weighted by Crippen LogP contribution is -2.10. The number of anilines is 2. The highest BCUT2D eigenvalue weighted by Gasteiger charge is 2.11. The molecule has 0 amide bonds. The molecule has 5 aromatic rings. The topological polar surface area (TPSA) is 91.9 Å². The standard InChI is InChI=1S/C25H25N7O2/c1-31-17-22(15-27-31)29-25-26-13-21-14-28-32(24(21)30-25)16-20-9-5-6-10-23(20)34-12-11-33-18-19-7-3-2-4-8-19/h2-10,13-15,17H,11-12,16,18H2,1H3,(H,26,29,30). The van der Waals surface area contributed by atoms with Crippen LogP contribution >= 0.6 is 0 Å². The molecule has 5 rings (SSSR count). The van der Waals surface area contributed by atoms with Gasteiger partial charge in [0.25, 0.3) is 0 Å². The number of fused-ring (bicyclic) bond motifs is 1. The van der Waals surface area contributed by atoms with E-state index in [1.807, 2.05) is 72.5 Å². The van der Waals surface area contributed by atoms with Gasteiger partial charge in [0.05, 0.1) is 43.2 Å². The summed E-state index contributed by atoms with van der Waals surface area (Å²) in [6, 6.07) is 18.0. The van der Waals surface area contributed by atoms with Crippen LogP contribution in [0.2, 0.25) is 0 Å². The molecule has 3 heterocycles. The number of nitrogens with zero attached hydrogens (tertiary/aromatic N) is 6. The summed E-state index contributed by atoms with van der Waals surface area (Å²) in [5, 5.41) is 12.7. The molecule has 0 aliphatic rings. The van der Waals surface area contributed by atoms with Gasteiger partial charge in [-0.3, -0.25) is 4.68 Å². The molecular formula is C25H25N7O2. The van der Waals surface area contributed by atoms with Crippen molar-refractivity contribution in [2.24, 2.45) is 7.05 Å². The average molecular weight is 456 g/mol. The maximum Gasteiger partial charge on any atom is 0.229 e. The van der Waals surface area contributed by atoms with E-state index in [2.05, 4.69) is 25.5 Å². The Hall–Kier alpha value is -4.24. The van der Waals surface area contributed by atoms with Crippen LogP contribution in [0.1, 0.15) is 11.1 Å². The molecule has 0 unspecified atom stereocenters. The Kier molecular flexibility index (Phi) is 6.44. The molecule has 9 heteroatoms. The normalized spacial score (nSPS) is 11.1. The molecule has 0 aliphatic carbocycles. The quantitative estimate of drug-likeness (QED) is 0.319. The van der Waals surface area contributed by atoms with Gasteiger partial charge < -0.3 is 14.8 Å². The van der Waals surface area contributed by atoms with Gasteiger partial charge in [0.1, 0.15) is 12.4 Å². The minimum absolute atomic E-state index is 0.463. The van der Waals surface area contributed by atoms with E-state index in [1.165, 1.54) is 0 Å². The lowest BCUT2D eigenvalue weighted by atomic mass is 10.2. The van der Waals surface area contributed by atoms with Gasteiger partial charge >= 0.3 is 0 Å². The van der Waals surface area contributed by atoms with E-state index >= 15 is 0 Å². The SMILES string of the molecule is Cn1cc(Nc2ncc3cnn(Cc4ccccc4OCCOCc4ccccc4)c3n2)cn1. The third-order valence-corrected chi connectivity index (χ3v) is 5.23. The summed E-state index contributed by atoms with van der Waals surface area (Å²) >= 11 is 0. The zero-order valence-corrected chi connectivity index (χ0v) is 18.8. The van der Waals surface area contributed by atoms with Crippen LogP contribution in [-0.2, 0) is 24.9 Å². The van der Waals surface area contributed by atoms with Crippen molar-refractivity contribution in [3.63, 3.8) is 0 Å². The van der Waals surface area contributed by atoms with E-state index in [0.717, 1.165) is 33.6 Å². The highest BCUT2D eigenvalue weighted by Crippen LogP contribution is 2.22. The predicted octanol–water partition coefficient (Wildman–Crippen LogP) is 3.95. The first kappa shape index (κ1) is 21.6. The monoisotopic (exact) mass is 455 g/mol. The zero-order chi connectivity index (χ0) is 23.2. The molecule has 0 saturated heterocycles. The number of aromatic nitrogens is 6. The Bertz CT molecular complexity index is 1360. The van der Waals surface area contributed by atoms with Crippen LogP contribution in [-0.4, -0.2) is 42.7 Å². The van der Waals surface area contributed by atoms with Gasteiger partial charge in [-0.15, -0.1) is 0 Å². The second-order valence-electron chi connectivity index (χ2n) is 7.80. The summed E-state index contributed by atoms with van der Waals surface area (Å²) in [4.78, 5) is 9.04. The predicted molar refractivity (Wildman–Crippen MR) is 129 cm³/mol. The number of para-hydroxylation sites is 1. The molecule has 0 aliphatic heterocycles. The molecule has 0 saturated carbocycles. The summed E-state index contributed by atoms with van der Waals surface area (Å²) < 4.78 is 15.3. The van der Waals surface area contributed by atoms with Crippen LogP contribution in [0.25, 0.3) is 11.0 Å². The van der Waals surface area contributed by atoms with E-state index in [1.54, 1.807) is 23.3 Å². The lowest BCUT2D eigenvalue weighted by molar-refractivity contribution is 0.0886. The maximum absolute atomic E-state index is 6.02. The van der Waals surface area contributed by atoms with Crippen LogP contribution in [0.3, 0.4) is 0 Å². The minimum Gasteiger partial charge on any atom is -0.491 e. The third-order valence-electron chi connectivity index (χ3n) is 5.23. The highest BCUT2D eigenvalue weighted by atomic mass is 16.5. The molecule has 34 heavy (non-hydrogen) atoms. The lowest BCUT2D eigenvalue weighted by Gasteiger charge is -2.12. The van der Waals surface area contributed by atoms with E-state index in [-0.39, 0.29) is 0 Å². The number of hydrogen-bond donors (Lipinski definition) is 1. The first-order valence-corrected chi connectivity index (χ1v) is 11.0. The van der Waals surface area contributed by atoms with E-state index < -0.39 is 0 Å². The second-order valence-corrected chi connectivity index (χ2v) is 7.80. The number of aryl methyl sites for hydroxylation is 1. The van der Waals surface area contributed by atoms with Crippen LogP contribution < -0.4 is 10.1 Å². The van der Waals surface area contributed by atoms with Gasteiger partial charge in [0, 0.05) is 25.0 Å². The molecule has 0 fully saturated rings. The Morgan fingerprint density at radius 3 is 2.62 bits per heavy atom. The number of hydrogen-bond acceptors (Lipinski definition) is 7. The maximum atomic E-state index is 6.02. The smallest absolute Gasteiger partial charge is 0.229 e. The molecule has 1 N–H and O–H groups in total. The largest absolute Gasteiger partial charge is 0.491 e. The number of benzene rings is 2. The van der Waals surface area contributed by atoms with Crippen molar-refractivity contribution in [2.75, 3.05) is 18.5 Å². The second kappa shape index (κ2) is 10.1. The Labute approximate surface area is 197 Å². The van der Waals surface area contributed by atoms with Crippen molar-refractivity contribution in [1.29, 1.82) is 0 Å². The van der Waals surface area contributed by atoms with Crippen molar-refractivity contribution >= 4 is 22.7 Å². The fourth-order valence-electron chi connectivity index (χ4n) is 3.57. The number of rotatable bonds is 10. The van der Waals surface area contributed by atoms with Crippen LogP contribution in [0.15, 0.2) is 79.4 Å². The minimum atomic E-state index is 0.463. The van der Waals surface area contributed by atoms with Gasteiger partial charge in [-0.05, 0) is 11.6 Å². The summed E-state index contributed by atoms with van der Waals surface area (Å²) in [6.07, 6.45) is 7.12. The zero-order valence-electron chi connectivity index (χ0n) is 18.8. The summed E-state index contributed by atoms with van der Waals surface area (Å²) in [5.74, 6) is 1.29. The average Bonchev–Trinajstić information content (AvgIpc) is 3.46. The Morgan fingerprint density at radius 1 is 0.912 bits per heavy atom. The first-order valence-electron chi connectivity index (χ1n) is 11.0. The van der Waals surface area contributed by atoms with E-state index in [0.29, 0.717) is 32.3 Å². The number of nitrogens with one attached hydrogen (secondary N) is 1. The summed E-state index contributed by atoms with van der Waals surface area (Å²) in [7, 11) is 1.86. The summed E-state index contributed by atoms with van der Waals surface area (Å²) in [6.45, 7) is 2.06. The first-order chi connectivity index (χ1) is 16.7. The Morgan fingerprint density at radius 2 is 1.76 bits per heavy atom. The van der Waals surface area contributed by atoms with Crippen molar-refractivity contribution in [1.82, 2.24) is 29.5 Å². The molecular weight excluding hydrogens is 430 g/mol. The fraction of sp³-hybridized carbons (Fsp3) is 0.200. The molecule has 9 nitrogen and oxygen atoms in total. The van der Waals surface area contributed by atoms with Gasteiger partial charge in [0.2, 0.25) is 5.95 Å². The fourth-order valence-corrected chi connectivity index (χ4v) is 3.57. The van der Waals surface area contributed by atoms with Crippen molar-refractivity contribution in [3.8, 4) is 5.75 Å². The van der Waals surface area contributed by atoms with Crippen molar-refractivity contribution in [3.05, 3.63) is 90.5 Å².